The Morgan fingerprint density at radius 3 is 2.18 bits per heavy atom. The Bertz CT molecular complexity index is 1240. The fourth-order valence-electron chi connectivity index (χ4n) is 3.72. The maximum atomic E-state index is 12.7. The largest absolute Gasteiger partial charge is 0.416 e. The Balaban J connectivity index is 1.39. The SMILES string of the molecule is Cc1nc(Nc2ccc(NS(=O)(=O)Cc3ccc(C(F)(F)F)cc3)cc2)cc(N2CCCC2)n1. The number of rotatable bonds is 7. The molecule has 1 aliphatic rings. The summed E-state index contributed by atoms with van der Waals surface area (Å²) < 4.78 is 65.4. The van der Waals surface area contributed by atoms with Crippen LogP contribution >= 0.6 is 0 Å². The van der Waals surface area contributed by atoms with E-state index in [1.165, 1.54) is 0 Å². The van der Waals surface area contributed by atoms with Gasteiger partial charge in [0.1, 0.15) is 17.5 Å². The molecule has 7 nitrogen and oxygen atoms in total. The van der Waals surface area contributed by atoms with Crippen molar-refractivity contribution in [1.82, 2.24) is 9.97 Å². The number of sulfonamides is 1. The number of nitrogens with one attached hydrogen (secondary N) is 2. The van der Waals surface area contributed by atoms with Crippen LogP contribution in [-0.2, 0) is 22.0 Å². The lowest BCUT2D eigenvalue weighted by atomic mass is 10.1. The topological polar surface area (TPSA) is 87.2 Å². The molecular formula is C23H24F3N5O2S. The van der Waals surface area contributed by atoms with Gasteiger partial charge in [0.25, 0.3) is 0 Å². The first-order chi connectivity index (χ1) is 16.1. The van der Waals surface area contributed by atoms with Crippen molar-refractivity contribution < 1.29 is 21.6 Å². The summed E-state index contributed by atoms with van der Waals surface area (Å²) in [5.74, 6) is 1.73. The fraction of sp³-hybridized carbons (Fsp3) is 0.304. The second-order valence-corrected chi connectivity index (χ2v) is 9.83. The molecule has 2 N–H and O–H groups in total. The molecule has 1 aliphatic heterocycles. The molecule has 0 unspecified atom stereocenters. The number of alkyl halides is 3. The van der Waals surface area contributed by atoms with Crippen LogP contribution in [0.25, 0.3) is 0 Å². The molecule has 0 spiro atoms. The van der Waals surface area contributed by atoms with E-state index in [0.29, 0.717) is 17.3 Å². The molecule has 1 aromatic heterocycles. The Morgan fingerprint density at radius 2 is 1.56 bits per heavy atom. The Kier molecular flexibility index (Phi) is 6.65. The summed E-state index contributed by atoms with van der Waals surface area (Å²) >= 11 is 0. The highest BCUT2D eigenvalue weighted by molar-refractivity contribution is 7.91. The summed E-state index contributed by atoms with van der Waals surface area (Å²) in [6, 6.07) is 12.6. The number of benzene rings is 2. The lowest BCUT2D eigenvalue weighted by Gasteiger charge is -2.18. The van der Waals surface area contributed by atoms with Gasteiger partial charge in [-0.2, -0.15) is 13.2 Å². The summed E-state index contributed by atoms with van der Waals surface area (Å²) in [5.41, 5.74) is 0.494. The van der Waals surface area contributed by atoms with Gasteiger partial charge in [0.2, 0.25) is 10.0 Å². The zero-order chi connectivity index (χ0) is 24.3. The van der Waals surface area contributed by atoms with Crippen LogP contribution in [-0.4, -0.2) is 31.5 Å². The average Bonchev–Trinajstić information content (AvgIpc) is 3.29. The molecule has 0 atom stereocenters. The van der Waals surface area contributed by atoms with E-state index in [2.05, 4.69) is 24.9 Å². The molecule has 1 saturated heterocycles. The number of nitrogens with zero attached hydrogens (tertiary/aromatic N) is 3. The fourth-order valence-corrected chi connectivity index (χ4v) is 4.92. The van der Waals surface area contributed by atoms with E-state index in [0.717, 1.165) is 61.7 Å². The molecule has 0 saturated carbocycles. The standard InChI is InChI=1S/C23H24F3N5O2S/c1-16-27-21(14-22(28-16)31-12-2-3-13-31)29-19-8-10-20(11-9-19)30-34(32,33)15-17-4-6-18(7-5-17)23(24,25)26/h4-11,14,30H,2-3,12-13,15H2,1H3,(H,27,28,29). The molecule has 34 heavy (non-hydrogen) atoms. The number of aryl methyl sites for hydroxylation is 1. The van der Waals surface area contributed by atoms with Crippen LogP contribution in [0.5, 0.6) is 0 Å². The highest BCUT2D eigenvalue weighted by Gasteiger charge is 2.30. The first-order valence-corrected chi connectivity index (χ1v) is 12.4. The average molecular weight is 492 g/mol. The van der Waals surface area contributed by atoms with E-state index in [4.69, 9.17) is 0 Å². The minimum Gasteiger partial charge on any atom is -0.356 e. The Labute approximate surface area is 196 Å². The van der Waals surface area contributed by atoms with Crippen molar-refractivity contribution in [3.63, 3.8) is 0 Å². The van der Waals surface area contributed by atoms with Gasteiger partial charge in [-0.1, -0.05) is 12.1 Å². The summed E-state index contributed by atoms with van der Waals surface area (Å²) in [5, 5.41) is 3.21. The van der Waals surface area contributed by atoms with Gasteiger partial charge in [-0.05, 0) is 61.7 Å². The Morgan fingerprint density at radius 1 is 0.941 bits per heavy atom. The predicted molar refractivity (Wildman–Crippen MR) is 126 cm³/mol. The first-order valence-electron chi connectivity index (χ1n) is 10.7. The van der Waals surface area contributed by atoms with Gasteiger partial charge in [0.05, 0.1) is 11.3 Å². The minimum absolute atomic E-state index is 0.256. The summed E-state index contributed by atoms with van der Waals surface area (Å²) in [6.07, 6.45) is -2.18. The molecule has 1 fully saturated rings. The molecule has 2 heterocycles. The van der Waals surface area contributed by atoms with Crippen LogP contribution in [0.4, 0.5) is 36.2 Å². The van der Waals surface area contributed by atoms with Crippen molar-refractivity contribution >= 4 is 33.0 Å². The molecule has 2 aromatic carbocycles. The van der Waals surface area contributed by atoms with E-state index in [9.17, 15) is 21.6 Å². The van der Waals surface area contributed by atoms with Crippen LogP contribution in [0, 0.1) is 6.92 Å². The summed E-state index contributed by atoms with van der Waals surface area (Å²) in [4.78, 5) is 11.1. The molecule has 3 aromatic rings. The minimum atomic E-state index is -4.47. The zero-order valence-electron chi connectivity index (χ0n) is 18.4. The zero-order valence-corrected chi connectivity index (χ0v) is 19.2. The van der Waals surface area contributed by atoms with Crippen molar-refractivity contribution in [3.05, 3.63) is 71.5 Å². The number of anilines is 4. The molecule has 0 radical (unpaired) electrons. The predicted octanol–water partition coefficient (Wildman–Crippen LogP) is 5.09. The molecule has 4 rings (SSSR count). The van der Waals surface area contributed by atoms with Gasteiger partial charge < -0.3 is 10.2 Å². The number of hydrogen-bond donors (Lipinski definition) is 2. The third-order valence-corrected chi connectivity index (χ3v) is 6.58. The maximum absolute atomic E-state index is 12.7. The third-order valence-electron chi connectivity index (χ3n) is 5.32. The highest BCUT2D eigenvalue weighted by Crippen LogP contribution is 2.29. The lowest BCUT2D eigenvalue weighted by molar-refractivity contribution is -0.137. The van der Waals surface area contributed by atoms with Gasteiger partial charge in [-0.25, -0.2) is 18.4 Å². The van der Waals surface area contributed by atoms with Crippen molar-refractivity contribution in [1.29, 1.82) is 0 Å². The third kappa shape index (κ3) is 6.16. The molecule has 0 amide bonds. The van der Waals surface area contributed by atoms with Gasteiger partial charge in [0.15, 0.2) is 0 Å². The van der Waals surface area contributed by atoms with Crippen LogP contribution in [0.15, 0.2) is 54.6 Å². The van der Waals surface area contributed by atoms with Crippen LogP contribution < -0.4 is 14.9 Å². The van der Waals surface area contributed by atoms with Crippen molar-refractivity contribution in [2.45, 2.75) is 31.7 Å². The van der Waals surface area contributed by atoms with Gasteiger partial charge >= 0.3 is 6.18 Å². The second kappa shape index (κ2) is 9.49. The van der Waals surface area contributed by atoms with Crippen LogP contribution in [0.2, 0.25) is 0 Å². The first kappa shape index (κ1) is 23.8. The van der Waals surface area contributed by atoms with Gasteiger partial charge in [-0.15, -0.1) is 0 Å². The van der Waals surface area contributed by atoms with E-state index < -0.39 is 27.5 Å². The van der Waals surface area contributed by atoms with Gasteiger partial charge in [0, 0.05) is 30.5 Å². The monoisotopic (exact) mass is 491 g/mol. The van der Waals surface area contributed by atoms with E-state index in [-0.39, 0.29) is 5.56 Å². The van der Waals surface area contributed by atoms with E-state index >= 15 is 0 Å². The van der Waals surface area contributed by atoms with Crippen molar-refractivity contribution in [2.24, 2.45) is 0 Å². The summed E-state index contributed by atoms with van der Waals surface area (Å²) in [6.45, 7) is 3.77. The van der Waals surface area contributed by atoms with Crippen LogP contribution in [0.3, 0.4) is 0 Å². The molecular weight excluding hydrogens is 467 g/mol. The van der Waals surface area contributed by atoms with Crippen LogP contribution in [0.1, 0.15) is 29.8 Å². The second-order valence-electron chi connectivity index (χ2n) is 8.11. The lowest BCUT2D eigenvalue weighted by Crippen LogP contribution is -2.19. The molecule has 0 bridgehead atoms. The quantitative estimate of drug-likeness (QED) is 0.479. The summed E-state index contributed by atoms with van der Waals surface area (Å²) in [7, 11) is -3.81. The Hall–Kier alpha value is -3.34. The number of aromatic nitrogens is 2. The number of halogens is 3. The van der Waals surface area contributed by atoms with Gasteiger partial charge in [-0.3, -0.25) is 4.72 Å². The molecule has 11 heteroatoms. The van der Waals surface area contributed by atoms with E-state index in [1.54, 1.807) is 24.3 Å². The molecule has 0 aliphatic carbocycles. The molecule has 180 valence electrons. The smallest absolute Gasteiger partial charge is 0.356 e. The normalized spacial score (nSPS) is 14.3. The van der Waals surface area contributed by atoms with E-state index in [1.807, 2.05) is 13.0 Å². The highest BCUT2D eigenvalue weighted by atomic mass is 32.2. The van der Waals surface area contributed by atoms with Crippen molar-refractivity contribution in [3.8, 4) is 0 Å². The number of hydrogen-bond acceptors (Lipinski definition) is 6. The van der Waals surface area contributed by atoms with Crippen molar-refractivity contribution in [2.75, 3.05) is 28.0 Å². The maximum Gasteiger partial charge on any atom is 0.416 e.